The van der Waals surface area contributed by atoms with Crippen LogP contribution in [0, 0.1) is 0 Å². The molecule has 3 rings (SSSR count). The second kappa shape index (κ2) is 10.4. The molecule has 15 nitrogen and oxygen atoms in total. The number of carboxylic acid groups (broad SMARTS) is 1. The van der Waals surface area contributed by atoms with Gasteiger partial charge in [0.1, 0.15) is 16.4 Å². The van der Waals surface area contributed by atoms with E-state index in [4.69, 9.17) is 15.0 Å². The number of tetrazole rings is 1. The molecule has 0 saturated carbocycles. The minimum atomic E-state index is -4.40. The van der Waals surface area contributed by atoms with Gasteiger partial charge in [0, 0.05) is 18.6 Å². The number of ether oxygens (including phenoxy) is 1. The Morgan fingerprint density at radius 2 is 2.18 bits per heavy atom. The minimum Gasteiger partial charge on any atom is -0.477 e. The van der Waals surface area contributed by atoms with Crippen LogP contribution in [0.2, 0.25) is 0 Å². The number of nitrogens with one attached hydrogen (secondary N) is 1. The second-order valence-electron chi connectivity index (χ2n) is 6.86. The monoisotopic (exact) mass is 555 g/mol. The quantitative estimate of drug-likeness (QED) is 0.104. The van der Waals surface area contributed by atoms with Crippen molar-refractivity contribution in [2.75, 3.05) is 24.4 Å². The van der Waals surface area contributed by atoms with Crippen molar-refractivity contribution in [3.8, 4) is 0 Å². The van der Waals surface area contributed by atoms with Crippen LogP contribution in [0.25, 0.3) is 0 Å². The number of nitrogens with zero attached hydrogens (tertiary/aromatic N) is 5. The van der Waals surface area contributed by atoms with Crippen molar-refractivity contribution < 1.29 is 37.2 Å². The Balaban J connectivity index is 1.81. The van der Waals surface area contributed by atoms with Crippen LogP contribution in [-0.2, 0) is 35.1 Å². The highest BCUT2D eigenvalue weighted by Crippen LogP contribution is 2.47. The topological polar surface area (TPSA) is 220 Å². The molecule has 2 amide bonds. The number of nitrogens with two attached hydrogens (primary N) is 1. The average Bonchev–Trinajstić information content (AvgIpc) is 3.19. The van der Waals surface area contributed by atoms with Gasteiger partial charge < -0.3 is 20.9 Å². The summed E-state index contributed by atoms with van der Waals surface area (Å²) in [5, 5.41) is 21.1. The van der Waals surface area contributed by atoms with Gasteiger partial charge >= 0.3 is 5.97 Å². The van der Waals surface area contributed by atoms with E-state index in [2.05, 4.69) is 20.8 Å². The molecule has 1 aromatic heterocycles. The van der Waals surface area contributed by atoms with Crippen molar-refractivity contribution in [3.63, 3.8) is 0 Å². The third-order valence-corrected chi connectivity index (χ3v) is 8.60. The zero-order chi connectivity index (χ0) is 25.3. The van der Waals surface area contributed by atoms with Gasteiger partial charge in [-0.2, -0.15) is 8.42 Å². The highest BCUT2D eigenvalue weighted by molar-refractivity contribution is 8.01. The first-order valence-corrected chi connectivity index (χ1v) is 14.1. The van der Waals surface area contributed by atoms with E-state index < -0.39 is 50.3 Å². The summed E-state index contributed by atoms with van der Waals surface area (Å²) in [6, 6.07) is 0. The lowest BCUT2D eigenvalue weighted by molar-refractivity contribution is -0.192. The number of aliphatic carboxylic acids is 1. The molecule has 2 aliphatic rings. The van der Waals surface area contributed by atoms with Crippen molar-refractivity contribution in [2.24, 2.45) is 5.73 Å². The van der Waals surface area contributed by atoms with E-state index in [0.717, 1.165) is 21.3 Å². The Kier molecular flexibility index (Phi) is 8.15. The van der Waals surface area contributed by atoms with Crippen LogP contribution in [-0.4, -0.2) is 102 Å². The van der Waals surface area contributed by atoms with Crippen LogP contribution >= 0.6 is 35.3 Å². The number of aromatic nitrogens is 4. The van der Waals surface area contributed by atoms with Gasteiger partial charge in [-0.1, -0.05) is 18.7 Å². The molecular formula is C15H21N7O8S4. The number of thioether (sulfide) groups is 3. The first kappa shape index (κ1) is 26.7. The first-order chi connectivity index (χ1) is 15.9. The fourth-order valence-corrected chi connectivity index (χ4v) is 6.84. The number of hydrogen-bond donors (Lipinski definition) is 4. The highest BCUT2D eigenvalue weighted by atomic mass is 32.2. The normalized spacial score (nSPS) is 23.4. The Morgan fingerprint density at radius 3 is 2.76 bits per heavy atom. The maximum Gasteiger partial charge on any atom is 0.352 e. The molecule has 19 heteroatoms. The molecule has 0 bridgehead atoms. The molecule has 0 radical (unpaired) electrons. The Bertz CT molecular complexity index is 1130. The third kappa shape index (κ3) is 5.19. The van der Waals surface area contributed by atoms with Gasteiger partial charge in [-0.05, 0) is 21.8 Å². The van der Waals surface area contributed by atoms with Crippen LogP contribution in [0.1, 0.15) is 6.92 Å². The fraction of sp³-hybridized carbons (Fsp3) is 0.600. The summed E-state index contributed by atoms with van der Waals surface area (Å²) in [5.74, 6) is -2.85. The zero-order valence-electron chi connectivity index (χ0n) is 17.8. The number of methoxy groups -OCH3 is 1. The van der Waals surface area contributed by atoms with Gasteiger partial charge in [-0.3, -0.25) is 19.0 Å². The minimum absolute atomic E-state index is 0.0152. The van der Waals surface area contributed by atoms with E-state index in [1.165, 1.54) is 30.6 Å². The number of amides is 2. The van der Waals surface area contributed by atoms with E-state index in [9.17, 15) is 27.9 Å². The number of fused-ring (bicyclic) bond motifs is 1. The smallest absolute Gasteiger partial charge is 0.352 e. The zero-order valence-corrected chi connectivity index (χ0v) is 21.0. The fourth-order valence-electron chi connectivity index (χ4n) is 3.25. The summed E-state index contributed by atoms with van der Waals surface area (Å²) in [5.41, 5.74) is 4.12. The van der Waals surface area contributed by atoms with E-state index in [0.29, 0.717) is 11.3 Å². The lowest BCUT2D eigenvalue weighted by atomic mass is 9.98. The van der Waals surface area contributed by atoms with Crippen molar-refractivity contribution in [1.29, 1.82) is 0 Å². The van der Waals surface area contributed by atoms with Gasteiger partial charge in [0.15, 0.2) is 5.88 Å². The molecule has 0 spiro atoms. The molecule has 2 aliphatic heterocycles. The molecule has 0 aliphatic carbocycles. The van der Waals surface area contributed by atoms with Crippen LogP contribution < -0.4 is 11.1 Å². The molecule has 0 aromatic carbocycles. The molecule has 3 atom stereocenters. The SMILES string of the molecule is CCSC(N)C(=O)N[C@]1(OC)C(=O)N2C(C(=O)O)=C(CSc3nnnn3CS(=O)(=O)O)CS[C@H]21. The molecule has 1 unspecified atom stereocenters. The predicted octanol–water partition coefficient (Wildman–Crippen LogP) is -1.64. The molecule has 1 saturated heterocycles. The predicted molar refractivity (Wildman–Crippen MR) is 122 cm³/mol. The third-order valence-electron chi connectivity index (χ3n) is 4.71. The largest absolute Gasteiger partial charge is 0.477 e. The van der Waals surface area contributed by atoms with E-state index >= 15 is 0 Å². The molecule has 34 heavy (non-hydrogen) atoms. The van der Waals surface area contributed by atoms with Gasteiger partial charge in [0.25, 0.3) is 21.8 Å². The molecule has 188 valence electrons. The molecule has 1 fully saturated rings. The maximum absolute atomic E-state index is 13.1. The Hall–Kier alpha value is -1.90. The molecule has 5 N–H and O–H groups in total. The van der Waals surface area contributed by atoms with Crippen LogP contribution in [0.4, 0.5) is 0 Å². The summed E-state index contributed by atoms with van der Waals surface area (Å²) in [7, 11) is -3.17. The van der Waals surface area contributed by atoms with Crippen molar-refractivity contribution in [1.82, 2.24) is 30.4 Å². The number of hydrogen-bond acceptors (Lipinski definition) is 13. The van der Waals surface area contributed by atoms with Crippen molar-refractivity contribution >= 4 is 63.2 Å². The first-order valence-electron chi connectivity index (χ1n) is 9.44. The summed E-state index contributed by atoms with van der Waals surface area (Å²) in [6.45, 7) is 1.82. The van der Waals surface area contributed by atoms with Crippen LogP contribution in [0.5, 0.6) is 0 Å². The van der Waals surface area contributed by atoms with Crippen molar-refractivity contribution in [3.05, 3.63) is 11.3 Å². The molecular weight excluding hydrogens is 534 g/mol. The van der Waals surface area contributed by atoms with Crippen molar-refractivity contribution in [2.45, 2.75) is 34.4 Å². The number of β-lactam (4-membered cyclic amide) rings is 1. The van der Waals surface area contributed by atoms with Crippen LogP contribution in [0.15, 0.2) is 16.4 Å². The summed E-state index contributed by atoms with van der Waals surface area (Å²) in [6.07, 6.45) is 0. The van der Waals surface area contributed by atoms with Gasteiger partial charge in [0.2, 0.25) is 11.1 Å². The van der Waals surface area contributed by atoms with Gasteiger partial charge in [0.05, 0.1) is 0 Å². The lowest BCUT2D eigenvalue weighted by Gasteiger charge is -2.56. The number of rotatable bonds is 11. The highest BCUT2D eigenvalue weighted by Gasteiger charge is 2.66. The number of carbonyl (C=O) groups excluding carboxylic acids is 2. The standard InChI is InChI=1S/C15H21N7O8S4/c1-3-31-9(16)10(23)17-15(30-2)12(26)22-8(11(24)25)7(4-32-13(15)22)5-33-14-18-19-20-21(14)6-34(27,28)29/h9,13H,3-6,16H2,1-2H3,(H,17,23)(H,24,25)(H,27,28,29)/t9?,13-,15-/m0/s1. The maximum atomic E-state index is 13.1. The average molecular weight is 556 g/mol. The van der Waals surface area contributed by atoms with E-state index in [-0.39, 0.29) is 22.4 Å². The van der Waals surface area contributed by atoms with E-state index in [1.807, 2.05) is 6.92 Å². The van der Waals surface area contributed by atoms with Crippen LogP contribution in [0.3, 0.4) is 0 Å². The summed E-state index contributed by atoms with van der Waals surface area (Å²) in [4.78, 5) is 38.6. The second-order valence-corrected chi connectivity index (χ2v) is 11.7. The number of carbonyl (C=O) groups is 3. The molecule has 1 aromatic rings. The van der Waals surface area contributed by atoms with Gasteiger partial charge in [-0.15, -0.1) is 28.6 Å². The Labute approximate surface area is 206 Å². The van der Waals surface area contributed by atoms with E-state index in [1.54, 1.807) is 0 Å². The molecule has 3 heterocycles. The Morgan fingerprint density at radius 1 is 1.47 bits per heavy atom. The number of carboxylic acids is 1. The van der Waals surface area contributed by atoms with Gasteiger partial charge in [-0.25, -0.2) is 9.48 Å². The lowest BCUT2D eigenvalue weighted by Crippen LogP contribution is -2.81. The summed E-state index contributed by atoms with van der Waals surface area (Å²) >= 11 is 3.29. The summed E-state index contributed by atoms with van der Waals surface area (Å²) < 4.78 is 37.4.